The molecule has 0 saturated carbocycles. The number of amides is 1. The minimum Gasteiger partial charge on any atom is -0.383 e. The van der Waals surface area contributed by atoms with Gasteiger partial charge in [0.05, 0.1) is 33.2 Å². The van der Waals surface area contributed by atoms with E-state index in [1.165, 1.54) is 17.4 Å². The molecule has 3 aromatic rings. The number of ether oxygens (including phenoxy) is 1. The first kappa shape index (κ1) is 24.3. The van der Waals surface area contributed by atoms with Crippen molar-refractivity contribution in [3.63, 3.8) is 0 Å². The Morgan fingerprint density at radius 2 is 1.81 bits per heavy atom. The van der Waals surface area contributed by atoms with Crippen LogP contribution in [-0.4, -0.2) is 53.0 Å². The van der Waals surface area contributed by atoms with Crippen molar-refractivity contribution in [3.8, 4) is 0 Å². The van der Waals surface area contributed by atoms with Gasteiger partial charge < -0.3 is 9.30 Å². The number of benzene rings is 2. The fourth-order valence-electron chi connectivity index (χ4n) is 3.07. The van der Waals surface area contributed by atoms with Crippen molar-refractivity contribution in [2.24, 2.45) is 4.99 Å². The molecule has 1 aromatic heterocycles. The molecule has 1 heterocycles. The maximum atomic E-state index is 12.5. The summed E-state index contributed by atoms with van der Waals surface area (Å²) in [5, 5.41) is 0. The lowest BCUT2D eigenvalue weighted by Gasteiger charge is -2.05. The highest BCUT2D eigenvalue weighted by molar-refractivity contribution is 7.91. The number of aromatic nitrogens is 1. The number of thiazole rings is 1. The molecule has 0 atom stereocenters. The summed E-state index contributed by atoms with van der Waals surface area (Å²) in [7, 11) is -5.29. The minimum absolute atomic E-state index is 0.133. The smallest absolute Gasteiger partial charge is 0.249 e. The van der Waals surface area contributed by atoms with E-state index in [4.69, 9.17) is 4.74 Å². The van der Waals surface area contributed by atoms with Crippen LogP contribution in [0.3, 0.4) is 0 Å². The molecule has 11 heteroatoms. The van der Waals surface area contributed by atoms with Crippen molar-refractivity contribution in [2.45, 2.75) is 23.6 Å². The van der Waals surface area contributed by atoms with E-state index >= 15 is 0 Å². The summed E-state index contributed by atoms with van der Waals surface area (Å²) in [6.45, 7) is 0.777. The van der Waals surface area contributed by atoms with Crippen LogP contribution in [-0.2, 0) is 41.5 Å². The number of fused-ring (bicyclic) bond motifs is 1. The van der Waals surface area contributed by atoms with Crippen LogP contribution >= 0.6 is 11.3 Å². The Bertz CT molecular complexity index is 1390. The van der Waals surface area contributed by atoms with Gasteiger partial charge in [-0.15, -0.1) is 0 Å². The van der Waals surface area contributed by atoms with Crippen LogP contribution in [0.15, 0.2) is 58.4 Å². The lowest BCUT2D eigenvalue weighted by Crippen LogP contribution is -2.20. The Morgan fingerprint density at radius 3 is 2.47 bits per heavy atom. The van der Waals surface area contributed by atoms with Gasteiger partial charge in [-0.2, -0.15) is 4.99 Å². The molecule has 0 aliphatic heterocycles. The maximum absolute atomic E-state index is 12.5. The summed E-state index contributed by atoms with van der Waals surface area (Å²) >= 11 is 1.17. The topological polar surface area (TPSA) is 112 Å². The van der Waals surface area contributed by atoms with Crippen LogP contribution in [0.5, 0.6) is 0 Å². The van der Waals surface area contributed by atoms with Gasteiger partial charge in [-0.25, -0.2) is 16.8 Å². The third kappa shape index (κ3) is 6.35. The van der Waals surface area contributed by atoms with E-state index in [0.717, 1.165) is 11.8 Å². The molecule has 0 saturated heterocycles. The molecule has 172 valence electrons. The van der Waals surface area contributed by atoms with Gasteiger partial charge in [-0.1, -0.05) is 41.7 Å². The molecule has 0 spiro atoms. The van der Waals surface area contributed by atoms with Crippen LogP contribution in [0.25, 0.3) is 10.2 Å². The van der Waals surface area contributed by atoms with Crippen LogP contribution in [0.4, 0.5) is 0 Å². The highest BCUT2D eigenvalue weighted by atomic mass is 32.2. The highest BCUT2D eigenvalue weighted by Crippen LogP contribution is 2.22. The molecule has 0 radical (unpaired) electrons. The molecule has 3 rings (SSSR count). The van der Waals surface area contributed by atoms with E-state index < -0.39 is 25.6 Å². The zero-order valence-corrected chi connectivity index (χ0v) is 20.2. The molecular formula is C21H24N2O6S3. The van der Waals surface area contributed by atoms with Crippen LogP contribution in [0, 0.1) is 0 Å². The largest absolute Gasteiger partial charge is 0.383 e. The average Bonchev–Trinajstić information content (AvgIpc) is 3.06. The van der Waals surface area contributed by atoms with Crippen molar-refractivity contribution in [1.82, 2.24) is 4.57 Å². The molecular weight excluding hydrogens is 472 g/mol. The molecule has 0 N–H and O–H groups in total. The van der Waals surface area contributed by atoms with Gasteiger partial charge in [0.15, 0.2) is 24.5 Å². The number of sulfone groups is 2. The van der Waals surface area contributed by atoms with E-state index in [0.29, 0.717) is 28.2 Å². The number of carbonyl (C=O) groups is 1. The zero-order chi connectivity index (χ0) is 23.4. The number of nitrogens with zero attached hydrogens (tertiary/aromatic N) is 2. The molecule has 0 bridgehead atoms. The summed E-state index contributed by atoms with van der Waals surface area (Å²) in [4.78, 5) is 17.1. The van der Waals surface area contributed by atoms with E-state index in [1.807, 2.05) is 0 Å². The summed E-state index contributed by atoms with van der Waals surface area (Å²) in [5.41, 5.74) is 1.39. The minimum atomic E-state index is -3.46. The number of rotatable bonds is 9. The van der Waals surface area contributed by atoms with Crippen molar-refractivity contribution in [2.75, 3.05) is 25.7 Å². The normalized spacial score (nSPS) is 13.0. The van der Waals surface area contributed by atoms with Crippen molar-refractivity contribution in [1.29, 1.82) is 0 Å². The van der Waals surface area contributed by atoms with E-state index in [-0.39, 0.29) is 22.8 Å². The lowest BCUT2D eigenvalue weighted by molar-refractivity contribution is -0.117. The van der Waals surface area contributed by atoms with Gasteiger partial charge in [0.25, 0.3) is 0 Å². The third-order valence-corrected chi connectivity index (χ3v) is 8.43. The molecule has 0 aliphatic rings. The van der Waals surface area contributed by atoms with Gasteiger partial charge in [0.1, 0.15) is 0 Å². The zero-order valence-electron chi connectivity index (χ0n) is 17.7. The monoisotopic (exact) mass is 496 g/mol. The summed E-state index contributed by atoms with van der Waals surface area (Å²) in [6.07, 6.45) is 0.897. The first-order chi connectivity index (χ1) is 15.1. The van der Waals surface area contributed by atoms with Crippen molar-refractivity contribution in [3.05, 3.63) is 58.9 Å². The number of methoxy groups -OCH3 is 1. The Hall–Kier alpha value is -2.34. The van der Waals surface area contributed by atoms with E-state index in [9.17, 15) is 21.6 Å². The Balaban J connectivity index is 1.86. The summed E-state index contributed by atoms with van der Waals surface area (Å²) in [6, 6.07) is 13.5. The van der Waals surface area contributed by atoms with Crippen molar-refractivity contribution < 1.29 is 26.4 Å². The standard InChI is InChI=1S/C21H24N2O6S3/c1-29-12-11-23-18-9-8-17(31(2,25)26)14-19(18)30-21(23)22-20(24)10-13-32(27,28)15-16-6-4-3-5-7-16/h3-9,14H,10-13,15H2,1-2H3. The molecule has 0 fully saturated rings. The summed E-state index contributed by atoms with van der Waals surface area (Å²) in [5.74, 6) is -0.986. The fraction of sp³-hybridized carbons (Fsp3) is 0.333. The van der Waals surface area contributed by atoms with Crippen LogP contribution < -0.4 is 4.80 Å². The SMILES string of the molecule is COCCn1c(=NC(=O)CCS(=O)(=O)Cc2ccccc2)sc2cc(S(C)(=O)=O)ccc21. The van der Waals surface area contributed by atoms with Gasteiger partial charge in [-0.3, -0.25) is 4.79 Å². The first-order valence-electron chi connectivity index (χ1n) is 9.73. The van der Waals surface area contributed by atoms with Crippen LogP contribution in [0.2, 0.25) is 0 Å². The number of hydrogen-bond acceptors (Lipinski definition) is 7. The quantitative estimate of drug-likeness (QED) is 0.449. The molecule has 32 heavy (non-hydrogen) atoms. The van der Waals surface area contributed by atoms with Crippen LogP contribution in [0.1, 0.15) is 12.0 Å². The van der Waals surface area contributed by atoms with Gasteiger partial charge in [0.2, 0.25) is 5.91 Å². The second-order valence-electron chi connectivity index (χ2n) is 7.26. The average molecular weight is 497 g/mol. The number of hydrogen-bond donors (Lipinski definition) is 0. The first-order valence-corrected chi connectivity index (χ1v) is 14.3. The maximum Gasteiger partial charge on any atom is 0.249 e. The van der Waals surface area contributed by atoms with Gasteiger partial charge >= 0.3 is 0 Å². The predicted octanol–water partition coefficient (Wildman–Crippen LogP) is 2.19. The van der Waals surface area contributed by atoms with E-state index in [1.54, 1.807) is 54.1 Å². The molecule has 8 nitrogen and oxygen atoms in total. The number of carbonyl (C=O) groups excluding carboxylic acids is 1. The van der Waals surface area contributed by atoms with Crippen molar-refractivity contribution >= 4 is 47.1 Å². The van der Waals surface area contributed by atoms with Gasteiger partial charge in [0, 0.05) is 26.3 Å². The van der Waals surface area contributed by atoms with Gasteiger partial charge in [-0.05, 0) is 23.8 Å². The molecule has 1 amide bonds. The predicted molar refractivity (Wildman–Crippen MR) is 124 cm³/mol. The Morgan fingerprint density at radius 1 is 1.09 bits per heavy atom. The molecule has 0 unspecified atom stereocenters. The Kier molecular flexibility index (Phi) is 7.65. The van der Waals surface area contributed by atoms with E-state index in [2.05, 4.69) is 4.99 Å². The lowest BCUT2D eigenvalue weighted by atomic mass is 10.2. The Labute approximate surface area is 191 Å². The second-order valence-corrected chi connectivity index (χ2v) is 12.5. The fourth-order valence-corrected chi connectivity index (χ4v) is 6.24. The third-order valence-electron chi connectivity index (χ3n) is 4.68. The highest BCUT2D eigenvalue weighted by Gasteiger charge is 2.16. The molecule has 2 aromatic carbocycles. The summed E-state index contributed by atoms with van der Waals surface area (Å²) < 4.78 is 56.0. The molecule has 0 aliphatic carbocycles. The second kappa shape index (κ2) is 10.1.